The number of nitrogens with one attached hydrogen (secondary N) is 3. The van der Waals surface area contributed by atoms with E-state index in [0.717, 1.165) is 61.7 Å². The van der Waals surface area contributed by atoms with Gasteiger partial charge in [-0.05, 0) is 36.5 Å². The maximum Gasteiger partial charge on any atom is 0.238 e. The highest BCUT2D eigenvalue weighted by Gasteiger charge is 2.27. The summed E-state index contributed by atoms with van der Waals surface area (Å²) in [6.07, 6.45) is 8.73. The number of amides is 1. The molecule has 1 saturated carbocycles. The van der Waals surface area contributed by atoms with Gasteiger partial charge in [-0.15, -0.1) is 11.8 Å². The molecule has 3 aliphatic rings. The van der Waals surface area contributed by atoms with Gasteiger partial charge in [-0.1, -0.05) is 56.5 Å². The van der Waals surface area contributed by atoms with Crippen LogP contribution < -0.4 is 20.9 Å². The molecule has 4 rings (SSSR count). The average Bonchev–Trinajstić information content (AvgIpc) is 3.42. The highest BCUT2D eigenvalue weighted by Crippen LogP contribution is 2.28. The molecule has 182 valence electrons. The number of anilines is 1. The highest BCUT2D eigenvalue weighted by molar-refractivity contribution is 7.99. The minimum Gasteiger partial charge on any atom is -0.378 e. The first-order chi connectivity index (χ1) is 16.2. The number of hydrogen-bond acceptors (Lipinski definition) is 6. The second-order valence-electron chi connectivity index (χ2n) is 9.40. The van der Waals surface area contributed by atoms with Gasteiger partial charge in [-0.25, -0.2) is 0 Å². The monoisotopic (exact) mass is 490 g/mol. The van der Waals surface area contributed by atoms with Crippen molar-refractivity contribution in [3.8, 4) is 0 Å². The standard InChI is InChI=1S/C25H38N4O2S2/c30-24(23-17-33-18-27-23)28-22(11-8-19-4-2-1-3-5-19)25(32)26-16-20-6-9-21(10-7-20)29-12-14-31-15-13-29/h6-7,9-10,19,22-23,27H,1-5,8,11-18H2,(H,26,32)(H,28,30)/t22-,23+/m1/s1. The van der Waals surface area contributed by atoms with E-state index in [4.69, 9.17) is 17.0 Å². The molecule has 1 amide bonds. The first-order valence-corrected chi connectivity index (χ1v) is 14.1. The van der Waals surface area contributed by atoms with Crippen LogP contribution in [0.5, 0.6) is 0 Å². The Kier molecular flexibility index (Phi) is 9.70. The molecule has 3 fully saturated rings. The van der Waals surface area contributed by atoms with Gasteiger partial charge < -0.3 is 20.3 Å². The summed E-state index contributed by atoms with van der Waals surface area (Å²) in [6, 6.07) is 8.47. The van der Waals surface area contributed by atoms with Crippen molar-refractivity contribution in [1.82, 2.24) is 16.0 Å². The van der Waals surface area contributed by atoms with Gasteiger partial charge in [-0.3, -0.25) is 10.1 Å². The summed E-state index contributed by atoms with van der Waals surface area (Å²) < 4.78 is 5.45. The van der Waals surface area contributed by atoms with Crippen LogP contribution in [0.3, 0.4) is 0 Å². The normalized spacial score (nSPS) is 22.7. The predicted molar refractivity (Wildman–Crippen MR) is 141 cm³/mol. The number of thiocarbonyl (C=S) groups is 1. The highest BCUT2D eigenvalue weighted by atomic mass is 32.2. The molecule has 8 heteroatoms. The van der Waals surface area contributed by atoms with Crippen LogP contribution in [-0.4, -0.2) is 60.9 Å². The summed E-state index contributed by atoms with van der Waals surface area (Å²) in [5.74, 6) is 2.52. The van der Waals surface area contributed by atoms with E-state index >= 15 is 0 Å². The lowest BCUT2D eigenvalue weighted by Gasteiger charge is -2.29. The number of hydrogen-bond donors (Lipinski definition) is 3. The van der Waals surface area contributed by atoms with E-state index in [2.05, 4.69) is 45.1 Å². The van der Waals surface area contributed by atoms with Crippen LogP contribution in [0.2, 0.25) is 0 Å². The summed E-state index contributed by atoms with van der Waals surface area (Å²) in [5.41, 5.74) is 2.43. The number of benzene rings is 1. The van der Waals surface area contributed by atoms with E-state index in [1.807, 2.05) is 0 Å². The van der Waals surface area contributed by atoms with Gasteiger partial charge in [0.25, 0.3) is 0 Å². The van der Waals surface area contributed by atoms with Gasteiger partial charge in [0.05, 0.1) is 30.3 Å². The fourth-order valence-electron chi connectivity index (χ4n) is 4.94. The second-order valence-corrected chi connectivity index (χ2v) is 10.9. The average molecular weight is 491 g/mol. The summed E-state index contributed by atoms with van der Waals surface area (Å²) >= 11 is 7.56. The number of nitrogens with zero attached hydrogens (tertiary/aromatic N) is 1. The van der Waals surface area contributed by atoms with E-state index in [1.54, 1.807) is 11.8 Å². The van der Waals surface area contributed by atoms with Crippen LogP contribution in [0.1, 0.15) is 50.5 Å². The fourth-order valence-corrected chi connectivity index (χ4v) is 6.13. The molecule has 2 atom stereocenters. The van der Waals surface area contributed by atoms with Crippen LogP contribution >= 0.6 is 24.0 Å². The van der Waals surface area contributed by atoms with E-state index < -0.39 is 0 Å². The van der Waals surface area contributed by atoms with Gasteiger partial charge in [0, 0.05) is 37.0 Å². The summed E-state index contributed by atoms with van der Waals surface area (Å²) in [6.45, 7) is 4.15. The van der Waals surface area contributed by atoms with Crippen molar-refractivity contribution in [2.75, 3.05) is 42.8 Å². The number of thioether (sulfide) groups is 1. The summed E-state index contributed by atoms with van der Waals surface area (Å²) in [4.78, 5) is 15.9. The number of carbonyl (C=O) groups excluding carboxylic acids is 1. The summed E-state index contributed by atoms with van der Waals surface area (Å²) in [7, 11) is 0. The lowest BCUT2D eigenvalue weighted by atomic mass is 9.85. The number of carbonyl (C=O) groups is 1. The van der Waals surface area contributed by atoms with Crippen molar-refractivity contribution < 1.29 is 9.53 Å². The molecule has 2 saturated heterocycles. The molecular formula is C25H38N4O2S2. The third-order valence-corrected chi connectivity index (χ3v) is 8.40. The molecule has 33 heavy (non-hydrogen) atoms. The first kappa shape index (κ1) is 24.8. The summed E-state index contributed by atoms with van der Waals surface area (Å²) in [5, 5.41) is 9.96. The van der Waals surface area contributed by atoms with Gasteiger partial charge in [0.15, 0.2) is 0 Å². The Hall–Kier alpha value is -1.35. The van der Waals surface area contributed by atoms with Gasteiger partial charge in [-0.2, -0.15) is 0 Å². The molecule has 1 aromatic carbocycles. The predicted octanol–water partition coefficient (Wildman–Crippen LogP) is 3.45. The van der Waals surface area contributed by atoms with E-state index in [-0.39, 0.29) is 18.0 Å². The number of rotatable bonds is 9. The largest absolute Gasteiger partial charge is 0.378 e. The molecule has 0 bridgehead atoms. The van der Waals surface area contributed by atoms with Crippen molar-refractivity contribution in [2.45, 2.75) is 63.6 Å². The molecule has 0 aromatic heterocycles. The molecule has 2 aliphatic heterocycles. The minimum absolute atomic E-state index is 0.0765. The third-order valence-electron chi connectivity index (χ3n) is 7.03. The molecule has 6 nitrogen and oxygen atoms in total. The molecule has 3 N–H and O–H groups in total. The maximum absolute atomic E-state index is 12.8. The van der Waals surface area contributed by atoms with Crippen LogP contribution in [0.25, 0.3) is 0 Å². The van der Waals surface area contributed by atoms with Gasteiger partial charge in [0.1, 0.15) is 0 Å². The van der Waals surface area contributed by atoms with Gasteiger partial charge in [0.2, 0.25) is 5.91 Å². The van der Waals surface area contributed by atoms with Gasteiger partial charge >= 0.3 is 0 Å². The Morgan fingerprint density at radius 2 is 1.94 bits per heavy atom. The Morgan fingerprint density at radius 1 is 1.18 bits per heavy atom. The van der Waals surface area contributed by atoms with Crippen molar-refractivity contribution in [1.29, 1.82) is 0 Å². The Labute approximate surface area is 208 Å². The lowest BCUT2D eigenvalue weighted by Crippen LogP contribution is -2.51. The Bertz CT molecular complexity index is 758. The Balaban J connectivity index is 1.30. The zero-order valence-electron chi connectivity index (χ0n) is 19.5. The van der Waals surface area contributed by atoms with E-state index in [0.29, 0.717) is 6.54 Å². The van der Waals surface area contributed by atoms with Crippen molar-refractivity contribution in [3.05, 3.63) is 29.8 Å². The SMILES string of the molecule is O=C(N[C@H](CCC1CCCCC1)C(=S)NCc1ccc(N2CCOCC2)cc1)[C@@H]1CSCN1. The van der Waals surface area contributed by atoms with Crippen LogP contribution in [0, 0.1) is 5.92 Å². The minimum atomic E-state index is -0.109. The molecule has 0 radical (unpaired) electrons. The van der Waals surface area contributed by atoms with Crippen LogP contribution in [0.4, 0.5) is 5.69 Å². The smallest absolute Gasteiger partial charge is 0.238 e. The van der Waals surface area contributed by atoms with Crippen LogP contribution in [0.15, 0.2) is 24.3 Å². The second kappa shape index (κ2) is 12.9. The topological polar surface area (TPSA) is 65.6 Å². The molecular weight excluding hydrogens is 452 g/mol. The lowest BCUT2D eigenvalue weighted by molar-refractivity contribution is -0.122. The first-order valence-electron chi connectivity index (χ1n) is 12.5. The van der Waals surface area contributed by atoms with Crippen molar-refractivity contribution in [3.63, 3.8) is 0 Å². The van der Waals surface area contributed by atoms with E-state index in [1.165, 1.54) is 43.4 Å². The van der Waals surface area contributed by atoms with Crippen LogP contribution in [-0.2, 0) is 16.1 Å². The zero-order valence-corrected chi connectivity index (χ0v) is 21.2. The molecule has 0 unspecified atom stereocenters. The maximum atomic E-state index is 12.8. The molecule has 1 aliphatic carbocycles. The number of ether oxygens (including phenoxy) is 1. The Morgan fingerprint density at radius 3 is 2.64 bits per heavy atom. The molecule has 0 spiro atoms. The quantitative estimate of drug-likeness (QED) is 0.458. The fraction of sp³-hybridized carbons (Fsp3) is 0.680. The number of morpholine rings is 1. The zero-order chi connectivity index (χ0) is 22.9. The molecule has 1 aromatic rings. The van der Waals surface area contributed by atoms with E-state index in [9.17, 15) is 4.79 Å². The third kappa shape index (κ3) is 7.57. The van der Waals surface area contributed by atoms with Crippen molar-refractivity contribution >= 4 is 40.6 Å². The molecule has 2 heterocycles. The van der Waals surface area contributed by atoms with Crippen molar-refractivity contribution in [2.24, 2.45) is 5.92 Å².